The van der Waals surface area contributed by atoms with Crippen LogP contribution in [0, 0.1) is 0 Å². The molecule has 2 aromatic rings. The standard InChI is InChI=1S/C13H14O2/c1-3-9-4-6-11-10(8-9)5-7-12(15-2)13(11)14/h4-8,14H,3H2,1-2H3. The predicted octanol–water partition coefficient (Wildman–Crippen LogP) is 3.12. The van der Waals surface area contributed by atoms with Crippen LogP contribution in [0.15, 0.2) is 30.3 Å². The average Bonchev–Trinajstić information content (AvgIpc) is 2.29. The smallest absolute Gasteiger partial charge is 0.165 e. The summed E-state index contributed by atoms with van der Waals surface area (Å²) in [5.41, 5.74) is 1.27. The number of aryl methyl sites for hydroxylation is 1. The summed E-state index contributed by atoms with van der Waals surface area (Å²) in [5.74, 6) is 0.740. The molecule has 0 heterocycles. The maximum Gasteiger partial charge on any atom is 0.165 e. The van der Waals surface area contributed by atoms with E-state index >= 15 is 0 Å². The van der Waals surface area contributed by atoms with E-state index < -0.39 is 0 Å². The lowest BCUT2D eigenvalue weighted by atomic mass is 10.0. The molecule has 2 rings (SSSR count). The van der Waals surface area contributed by atoms with E-state index in [1.807, 2.05) is 18.2 Å². The number of ether oxygens (including phenoxy) is 1. The molecule has 0 aromatic heterocycles. The maximum atomic E-state index is 9.89. The zero-order chi connectivity index (χ0) is 10.8. The van der Waals surface area contributed by atoms with E-state index in [4.69, 9.17) is 4.74 Å². The summed E-state index contributed by atoms with van der Waals surface area (Å²) in [5, 5.41) is 11.8. The highest BCUT2D eigenvalue weighted by molar-refractivity contribution is 5.90. The van der Waals surface area contributed by atoms with Gasteiger partial charge in [0.1, 0.15) is 0 Å². The van der Waals surface area contributed by atoms with Gasteiger partial charge in [0.25, 0.3) is 0 Å². The van der Waals surface area contributed by atoms with Crippen LogP contribution < -0.4 is 4.74 Å². The minimum Gasteiger partial charge on any atom is -0.504 e. The highest BCUT2D eigenvalue weighted by Crippen LogP contribution is 2.34. The molecule has 0 fully saturated rings. The number of rotatable bonds is 2. The number of benzene rings is 2. The van der Waals surface area contributed by atoms with Gasteiger partial charge in [-0.05, 0) is 23.4 Å². The molecule has 2 heteroatoms. The van der Waals surface area contributed by atoms with Crippen molar-refractivity contribution in [1.29, 1.82) is 0 Å². The molecule has 15 heavy (non-hydrogen) atoms. The van der Waals surface area contributed by atoms with Gasteiger partial charge in [-0.2, -0.15) is 0 Å². The molecule has 78 valence electrons. The first-order valence-corrected chi connectivity index (χ1v) is 5.05. The van der Waals surface area contributed by atoms with Crippen molar-refractivity contribution in [1.82, 2.24) is 0 Å². The van der Waals surface area contributed by atoms with Gasteiger partial charge in [0.05, 0.1) is 7.11 Å². The molecule has 0 amide bonds. The number of phenolic OH excluding ortho intramolecular Hbond substituents is 1. The Balaban J connectivity index is 2.68. The van der Waals surface area contributed by atoms with Crippen molar-refractivity contribution >= 4 is 10.8 Å². The second kappa shape index (κ2) is 3.81. The van der Waals surface area contributed by atoms with E-state index in [9.17, 15) is 5.11 Å². The van der Waals surface area contributed by atoms with Crippen LogP contribution in [0.5, 0.6) is 11.5 Å². The van der Waals surface area contributed by atoms with Crippen LogP contribution in [0.1, 0.15) is 12.5 Å². The Hall–Kier alpha value is -1.70. The van der Waals surface area contributed by atoms with E-state index in [0.29, 0.717) is 5.75 Å². The highest BCUT2D eigenvalue weighted by atomic mass is 16.5. The fourth-order valence-electron chi connectivity index (χ4n) is 1.73. The van der Waals surface area contributed by atoms with E-state index in [1.165, 1.54) is 5.56 Å². The number of hydrogen-bond acceptors (Lipinski definition) is 2. The van der Waals surface area contributed by atoms with Gasteiger partial charge in [0.2, 0.25) is 0 Å². The zero-order valence-corrected chi connectivity index (χ0v) is 8.95. The van der Waals surface area contributed by atoms with Crippen molar-refractivity contribution in [2.24, 2.45) is 0 Å². The number of methoxy groups -OCH3 is 1. The number of fused-ring (bicyclic) bond motifs is 1. The maximum absolute atomic E-state index is 9.89. The quantitative estimate of drug-likeness (QED) is 0.810. The highest BCUT2D eigenvalue weighted by Gasteiger charge is 2.06. The van der Waals surface area contributed by atoms with Crippen LogP contribution in [0.2, 0.25) is 0 Å². The molecule has 0 aliphatic heterocycles. The summed E-state index contributed by atoms with van der Waals surface area (Å²) < 4.78 is 5.06. The zero-order valence-electron chi connectivity index (χ0n) is 8.95. The van der Waals surface area contributed by atoms with Crippen molar-refractivity contribution in [2.75, 3.05) is 7.11 Å². The minimum atomic E-state index is 0.220. The Morgan fingerprint density at radius 3 is 2.67 bits per heavy atom. The van der Waals surface area contributed by atoms with Gasteiger partial charge in [-0.25, -0.2) is 0 Å². The van der Waals surface area contributed by atoms with Gasteiger partial charge >= 0.3 is 0 Å². The molecule has 0 spiro atoms. The Kier molecular flexibility index (Phi) is 2.50. The Morgan fingerprint density at radius 2 is 2.00 bits per heavy atom. The summed E-state index contributed by atoms with van der Waals surface area (Å²) in [7, 11) is 1.56. The van der Waals surface area contributed by atoms with Crippen LogP contribution in [0.4, 0.5) is 0 Å². The molecule has 0 unspecified atom stereocenters. The molecule has 0 saturated heterocycles. The third-order valence-electron chi connectivity index (χ3n) is 2.65. The summed E-state index contributed by atoms with van der Waals surface area (Å²) in [6.07, 6.45) is 1.00. The minimum absolute atomic E-state index is 0.220. The van der Waals surface area contributed by atoms with Crippen molar-refractivity contribution in [3.8, 4) is 11.5 Å². The van der Waals surface area contributed by atoms with E-state index in [0.717, 1.165) is 17.2 Å². The van der Waals surface area contributed by atoms with Gasteiger partial charge in [-0.1, -0.05) is 31.2 Å². The average molecular weight is 202 g/mol. The van der Waals surface area contributed by atoms with Crippen molar-refractivity contribution in [3.63, 3.8) is 0 Å². The first-order valence-electron chi connectivity index (χ1n) is 5.05. The largest absolute Gasteiger partial charge is 0.504 e. The summed E-state index contributed by atoms with van der Waals surface area (Å²) in [6.45, 7) is 2.12. The van der Waals surface area contributed by atoms with Gasteiger partial charge < -0.3 is 9.84 Å². The second-order valence-corrected chi connectivity index (χ2v) is 3.53. The molecule has 0 bridgehead atoms. The predicted molar refractivity (Wildman–Crippen MR) is 61.5 cm³/mol. The fourth-order valence-corrected chi connectivity index (χ4v) is 1.73. The lowest BCUT2D eigenvalue weighted by molar-refractivity contribution is 0.376. The molecule has 2 nitrogen and oxygen atoms in total. The Labute approximate surface area is 89.1 Å². The fraction of sp³-hybridized carbons (Fsp3) is 0.231. The van der Waals surface area contributed by atoms with Gasteiger partial charge in [0.15, 0.2) is 11.5 Å². The molecule has 1 N–H and O–H groups in total. The van der Waals surface area contributed by atoms with Gasteiger partial charge in [0, 0.05) is 5.39 Å². The number of aromatic hydroxyl groups is 1. The lowest BCUT2D eigenvalue weighted by Crippen LogP contribution is -1.86. The molecule has 0 saturated carbocycles. The number of phenols is 1. The molecular weight excluding hydrogens is 188 g/mol. The van der Waals surface area contributed by atoms with E-state index in [1.54, 1.807) is 13.2 Å². The molecule has 0 aliphatic carbocycles. The third kappa shape index (κ3) is 1.63. The topological polar surface area (TPSA) is 29.5 Å². The van der Waals surface area contributed by atoms with Crippen LogP contribution in [0.3, 0.4) is 0 Å². The Bertz CT molecular complexity index is 489. The SMILES string of the molecule is CCc1ccc2c(O)c(OC)ccc2c1. The number of hydrogen-bond donors (Lipinski definition) is 1. The second-order valence-electron chi connectivity index (χ2n) is 3.53. The molecular formula is C13H14O2. The van der Waals surface area contributed by atoms with Crippen LogP contribution in [-0.2, 0) is 6.42 Å². The van der Waals surface area contributed by atoms with Gasteiger partial charge in [-0.3, -0.25) is 0 Å². The molecule has 0 aliphatic rings. The summed E-state index contributed by atoms with van der Waals surface area (Å²) >= 11 is 0. The lowest BCUT2D eigenvalue weighted by Gasteiger charge is -2.07. The van der Waals surface area contributed by atoms with Crippen LogP contribution in [-0.4, -0.2) is 12.2 Å². The molecule has 0 radical (unpaired) electrons. The van der Waals surface area contributed by atoms with Gasteiger partial charge in [-0.15, -0.1) is 0 Å². The molecule has 0 atom stereocenters. The normalized spacial score (nSPS) is 10.5. The first kappa shape index (κ1) is 9.84. The van der Waals surface area contributed by atoms with Crippen molar-refractivity contribution in [2.45, 2.75) is 13.3 Å². The molecule has 2 aromatic carbocycles. The van der Waals surface area contributed by atoms with E-state index in [-0.39, 0.29) is 5.75 Å². The van der Waals surface area contributed by atoms with E-state index in [2.05, 4.69) is 13.0 Å². The summed E-state index contributed by atoms with van der Waals surface area (Å²) in [4.78, 5) is 0. The summed E-state index contributed by atoms with van der Waals surface area (Å²) in [6, 6.07) is 9.81. The van der Waals surface area contributed by atoms with Crippen LogP contribution >= 0.6 is 0 Å². The third-order valence-corrected chi connectivity index (χ3v) is 2.65. The monoisotopic (exact) mass is 202 g/mol. The Morgan fingerprint density at radius 1 is 1.20 bits per heavy atom. The van der Waals surface area contributed by atoms with Crippen molar-refractivity contribution < 1.29 is 9.84 Å². The van der Waals surface area contributed by atoms with Crippen LogP contribution in [0.25, 0.3) is 10.8 Å². The van der Waals surface area contributed by atoms with Crippen molar-refractivity contribution in [3.05, 3.63) is 35.9 Å². The first-order chi connectivity index (χ1) is 7.26.